The van der Waals surface area contributed by atoms with Gasteiger partial charge in [0.05, 0.1) is 6.10 Å². The summed E-state index contributed by atoms with van der Waals surface area (Å²) in [7, 11) is 0. The first-order chi connectivity index (χ1) is 11.0. The van der Waals surface area contributed by atoms with Crippen molar-refractivity contribution in [1.29, 1.82) is 0 Å². The lowest BCUT2D eigenvalue weighted by Gasteiger charge is -2.33. The predicted molar refractivity (Wildman–Crippen MR) is 88.1 cm³/mol. The molecule has 1 saturated carbocycles. The molecule has 1 heterocycles. The van der Waals surface area contributed by atoms with E-state index < -0.39 is 0 Å². The number of rotatable bonds is 4. The molecule has 0 spiro atoms. The molecule has 124 valence electrons. The molecule has 5 nitrogen and oxygen atoms in total. The number of aliphatic hydroxyl groups excluding tert-OH is 1. The Bertz CT molecular complexity index is 570. The maximum absolute atomic E-state index is 12.5. The van der Waals surface area contributed by atoms with Gasteiger partial charge in [-0.25, -0.2) is 0 Å². The minimum absolute atomic E-state index is 0.0223. The van der Waals surface area contributed by atoms with Crippen LogP contribution in [0.2, 0.25) is 0 Å². The van der Waals surface area contributed by atoms with E-state index in [0.717, 1.165) is 31.4 Å². The Kier molecular flexibility index (Phi) is 4.66. The largest absolute Gasteiger partial charge is 0.393 e. The van der Waals surface area contributed by atoms with Gasteiger partial charge in [0.2, 0.25) is 5.91 Å². The lowest BCUT2D eigenvalue weighted by Crippen LogP contribution is -2.40. The molecule has 1 aromatic carbocycles. The summed E-state index contributed by atoms with van der Waals surface area (Å²) in [5.41, 5.74) is 1.39. The molecule has 0 aromatic heterocycles. The van der Waals surface area contributed by atoms with Gasteiger partial charge in [0.1, 0.15) is 0 Å². The van der Waals surface area contributed by atoms with Crippen LogP contribution >= 0.6 is 0 Å². The van der Waals surface area contributed by atoms with Crippen LogP contribution in [0.1, 0.15) is 43.0 Å². The van der Waals surface area contributed by atoms with Crippen LogP contribution in [0.3, 0.4) is 0 Å². The number of amides is 2. The average molecular weight is 316 g/mol. The van der Waals surface area contributed by atoms with Gasteiger partial charge < -0.3 is 15.3 Å². The Labute approximate surface area is 136 Å². The molecule has 2 N–H and O–H groups in total. The van der Waals surface area contributed by atoms with Gasteiger partial charge >= 0.3 is 0 Å². The van der Waals surface area contributed by atoms with Crippen LogP contribution in [0.5, 0.6) is 0 Å². The van der Waals surface area contributed by atoms with Gasteiger partial charge in [0.25, 0.3) is 5.91 Å². The van der Waals surface area contributed by atoms with Gasteiger partial charge in [-0.1, -0.05) is 0 Å². The van der Waals surface area contributed by atoms with Crippen molar-refractivity contribution >= 4 is 17.5 Å². The molecular weight excluding hydrogens is 292 g/mol. The monoisotopic (exact) mass is 316 g/mol. The summed E-state index contributed by atoms with van der Waals surface area (Å²) in [6, 6.07) is 7.11. The number of hydrogen-bond donors (Lipinski definition) is 2. The summed E-state index contributed by atoms with van der Waals surface area (Å²) in [5.74, 6) is 0.559. The molecule has 2 aliphatic rings. The number of carbonyl (C=O) groups is 2. The molecule has 2 fully saturated rings. The van der Waals surface area contributed by atoms with Crippen LogP contribution in [-0.4, -0.2) is 41.0 Å². The van der Waals surface area contributed by atoms with Crippen molar-refractivity contribution in [2.24, 2.45) is 11.8 Å². The molecular formula is C18H24N2O3. The molecule has 1 aromatic rings. The lowest BCUT2D eigenvalue weighted by molar-refractivity contribution is -0.117. The molecule has 1 saturated heterocycles. The van der Waals surface area contributed by atoms with E-state index in [2.05, 4.69) is 5.32 Å². The molecule has 23 heavy (non-hydrogen) atoms. The summed E-state index contributed by atoms with van der Waals surface area (Å²) >= 11 is 0. The highest BCUT2D eigenvalue weighted by atomic mass is 16.3. The molecule has 5 heteroatoms. The molecule has 3 rings (SSSR count). The van der Waals surface area contributed by atoms with E-state index in [1.54, 1.807) is 24.3 Å². The minimum atomic E-state index is -0.304. The summed E-state index contributed by atoms with van der Waals surface area (Å²) < 4.78 is 0. The maximum atomic E-state index is 12.5. The van der Waals surface area contributed by atoms with Gasteiger partial charge in [-0.3, -0.25) is 9.59 Å². The Balaban J connectivity index is 1.56. The second-order valence-corrected chi connectivity index (χ2v) is 6.71. The van der Waals surface area contributed by atoms with Gasteiger partial charge in [-0.2, -0.15) is 0 Å². The first kappa shape index (κ1) is 16.0. The zero-order valence-electron chi connectivity index (χ0n) is 13.5. The van der Waals surface area contributed by atoms with Crippen LogP contribution in [0.25, 0.3) is 0 Å². The Morgan fingerprint density at radius 3 is 2.26 bits per heavy atom. The van der Waals surface area contributed by atoms with Gasteiger partial charge in [-0.15, -0.1) is 0 Å². The number of aliphatic hydroxyl groups is 1. The van der Waals surface area contributed by atoms with Gasteiger partial charge in [-0.05, 0) is 62.8 Å². The van der Waals surface area contributed by atoms with E-state index in [9.17, 15) is 14.7 Å². The highest BCUT2D eigenvalue weighted by Crippen LogP contribution is 2.30. The number of carbonyl (C=O) groups excluding carboxylic acids is 2. The number of nitrogens with one attached hydrogen (secondary N) is 1. The van der Waals surface area contributed by atoms with E-state index >= 15 is 0 Å². The second kappa shape index (κ2) is 6.71. The second-order valence-electron chi connectivity index (χ2n) is 6.71. The van der Waals surface area contributed by atoms with Crippen molar-refractivity contribution in [3.63, 3.8) is 0 Å². The number of hydrogen-bond acceptors (Lipinski definition) is 3. The van der Waals surface area contributed by atoms with Crippen molar-refractivity contribution in [1.82, 2.24) is 4.90 Å². The number of benzene rings is 1. The van der Waals surface area contributed by atoms with Crippen molar-refractivity contribution < 1.29 is 14.7 Å². The SMILES string of the molecule is CC(O)C1CCN(C(=O)c2ccc(NC(=O)C3CC3)cc2)CC1. The molecule has 1 unspecified atom stereocenters. The van der Waals surface area contributed by atoms with Crippen LogP contribution in [0.4, 0.5) is 5.69 Å². The molecule has 1 aliphatic heterocycles. The summed E-state index contributed by atoms with van der Waals surface area (Å²) in [4.78, 5) is 26.1. The molecule has 0 radical (unpaired) electrons. The maximum Gasteiger partial charge on any atom is 0.253 e. The number of nitrogens with zero attached hydrogens (tertiary/aromatic N) is 1. The van der Waals surface area contributed by atoms with Crippen molar-refractivity contribution in [2.75, 3.05) is 18.4 Å². The van der Waals surface area contributed by atoms with E-state index in [0.29, 0.717) is 24.6 Å². The fourth-order valence-corrected chi connectivity index (χ4v) is 3.05. The summed E-state index contributed by atoms with van der Waals surface area (Å²) in [6.07, 6.45) is 3.34. The quantitative estimate of drug-likeness (QED) is 0.895. The van der Waals surface area contributed by atoms with Crippen LogP contribution in [0, 0.1) is 11.8 Å². The average Bonchev–Trinajstić information content (AvgIpc) is 3.40. The Hall–Kier alpha value is -1.88. The third kappa shape index (κ3) is 3.91. The minimum Gasteiger partial charge on any atom is -0.393 e. The Morgan fingerprint density at radius 1 is 1.13 bits per heavy atom. The number of likely N-dealkylation sites (tertiary alicyclic amines) is 1. The van der Waals surface area contributed by atoms with Gasteiger partial charge in [0, 0.05) is 30.3 Å². The fraction of sp³-hybridized carbons (Fsp3) is 0.556. The summed E-state index contributed by atoms with van der Waals surface area (Å²) in [6.45, 7) is 3.19. The third-order valence-electron chi connectivity index (χ3n) is 4.86. The smallest absolute Gasteiger partial charge is 0.253 e. The highest BCUT2D eigenvalue weighted by Gasteiger charge is 2.29. The van der Waals surface area contributed by atoms with Crippen molar-refractivity contribution in [3.05, 3.63) is 29.8 Å². The molecule has 2 amide bonds. The van der Waals surface area contributed by atoms with E-state index in [1.165, 1.54) is 0 Å². The standard InChI is InChI=1S/C18H24N2O3/c1-12(21)13-8-10-20(11-9-13)18(23)15-4-6-16(7-5-15)19-17(22)14-2-3-14/h4-7,12-14,21H,2-3,8-11H2,1H3,(H,19,22). The van der Waals surface area contributed by atoms with Gasteiger partial charge in [0.15, 0.2) is 0 Å². The number of anilines is 1. The molecule has 0 bridgehead atoms. The Morgan fingerprint density at radius 2 is 1.74 bits per heavy atom. The third-order valence-corrected chi connectivity index (χ3v) is 4.86. The predicted octanol–water partition coefficient (Wildman–Crippen LogP) is 2.27. The molecule has 1 atom stereocenters. The van der Waals surface area contributed by atoms with Crippen molar-refractivity contribution in [3.8, 4) is 0 Å². The van der Waals surface area contributed by atoms with Crippen LogP contribution in [0.15, 0.2) is 24.3 Å². The first-order valence-electron chi connectivity index (χ1n) is 8.43. The van der Waals surface area contributed by atoms with Crippen LogP contribution < -0.4 is 5.32 Å². The summed E-state index contributed by atoms with van der Waals surface area (Å²) in [5, 5.41) is 12.5. The zero-order valence-corrected chi connectivity index (χ0v) is 13.5. The topological polar surface area (TPSA) is 69.6 Å². The van der Waals surface area contributed by atoms with Crippen molar-refractivity contribution in [2.45, 2.75) is 38.7 Å². The first-order valence-corrected chi connectivity index (χ1v) is 8.43. The van der Waals surface area contributed by atoms with E-state index in [1.807, 2.05) is 11.8 Å². The van der Waals surface area contributed by atoms with E-state index in [-0.39, 0.29) is 23.8 Å². The fourth-order valence-electron chi connectivity index (χ4n) is 3.05. The number of piperidine rings is 1. The van der Waals surface area contributed by atoms with Crippen LogP contribution in [-0.2, 0) is 4.79 Å². The lowest BCUT2D eigenvalue weighted by atomic mass is 9.92. The van der Waals surface area contributed by atoms with E-state index in [4.69, 9.17) is 0 Å². The normalized spacial score (nSPS) is 20.2. The zero-order chi connectivity index (χ0) is 16.4. The molecule has 1 aliphatic carbocycles. The highest BCUT2D eigenvalue weighted by molar-refractivity contribution is 5.96.